The molecule has 2 aromatic rings. The number of carbonyl (C=O) groups excluding carboxylic acids is 2. The quantitative estimate of drug-likeness (QED) is 0.759. The standard InChI is InChI=1S/C18H20N6O3/c1-13-4-6-14(7-5-13)17-21-23-24(22-17)10-16(26)27-11-15(25)20-18(12-19)8-2-3-9-18/h4-7H,2-3,8-11H2,1H3,(H,20,25). The predicted octanol–water partition coefficient (Wildman–Crippen LogP) is 1.14. The van der Waals surface area contributed by atoms with Gasteiger partial charge in [-0.25, -0.2) is 4.79 Å². The third kappa shape index (κ3) is 4.67. The molecule has 1 aromatic carbocycles. The largest absolute Gasteiger partial charge is 0.454 e. The second-order valence-corrected chi connectivity index (χ2v) is 6.62. The molecule has 3 rings (SSSR count). The monoisotopic (exact) mass is 368 g/mol. The third-order valence-corrected chi connectivity index (χ3v) is 4.45. The average molecular weight is 368 g/mol. The smallest absolute Gasteiger partial charge is 0.330 e. The Morgan fingerprint density at radius 1 is 1.30 bits per heavy atom. The van der Waals surface area contributed by atoms with Crippen molar-refractivity contribution in [2.45, 2.75) is 44.7 Å². The van der Waals surface area contributed by atoms with Crippen LogP contribution >= 0.6 is 0 Å². The molecule has 0 aliphatic heterocycles. The van der Waals surface area contributed by atoms with Gasteiger partial charge in [0, 0.05) is 5.56 Å². The Balaban J connectivity index is 1.49. The number of hydrogen-bond acceptors (Lipinski definition) is 7. The highest BCUT2D eigenvalue weighted by Gasteiger charge is 2.35. The number of ether oxygens (including phenoxy) is 1. The fourth-order valence-electron chi connectivity index (χ4n) is 2.98. The van der Waals surface area contributed by atoms with E-state index in [1.54, 1.807) is 0 Å². The summed E-state index contributed by atoms with van der Waals surface area (Å²) in [6, 6.07) is 9.75. The zero-order valence-electron chi connectivity index (χ0n) is 15.0. The summed E-state index contributed by atoms with van der Waals surface area (Å²) in [6.07, 6.45) is 3.03. The number of aryl methyl sites for hydroxylation is 1. The van der Waals surface area contributed by atoms with E-state index in [1.807, 2.05) is 31.2 Å². The van der Waals surface area contributed by atoms with Crippen molar-refractivity contribution in [3.63, 3.8) is 0 Å². The molecule has 1 aliphatic rings. The number of esters is 1. The maximum Gasteiger partial charge on any atom is 0.330 e. The van der Waals surface area contributed by atoms with Gasteiger partial charge in [-0.2, -0.15) is 10.1 Å². The highest BCUT2D eigenvalue weighted by molar-refractivity contribution is 5.81. The number of carbonyl (C=O) groups is 2. The van der Waals surface area contributed by atoms with Gasteiger partial charge in [-0.3, -0.25) is 4.79 Å². The van der Waals surface area contributed by atoms with Crippen molar-refractivity contribution in [3.8, 4) is 17.5 Å². The number of nitrogens with one attached hydrogen (secondary N) is 1. The topological polar surface area (TPSA) is 123 Å². The molecule has 1 amide bonds. The summed E-state index contributed by atoms with van der Waals surface area (Å²) in [7, 11) is 0. The molecule has 1 aliphatic carbocycles. The van der Waals surface area contributed by atoms with E-state index in [1.165, 1.54) is 0 Å². The Morgan fingerprint density at radius 2 is 2.00 bits per heavy atom. The summed E-state index contributed by atoms with van der Waals surface area (Å²) < 4.78 is 4.95. The van der Waals surface area contributed by atoms with Crippen LogP contribution in [0.5, 0.6) is 0 Å². The molecule has 140 valence electrons. The first kappa shape index (κ1) is 18.5. The molecule has 0 bridgehead atoms. The van der Waals surface area contributed by atoms with Crippen LogP contribution in [-0.2, 0) is 20.9 Å². The van der Waals surface area contributed by atoms with Crippen LogP contribution in [0.2, 0.25) is 0 Å². The summed E-state index contributed by atoms with van der Waals surface area (Å²) >= 11 is 0. The predicted molar refractivity (Wildman–Crippen MR) is 93.9 cm³/mol. The van der Waals surface area contributed by atoms with Crippen LogP contribution < -0.4 is 5.32 Å². The molecular formula is C18H20N6O3. The minimum absolute atomic E-state index is 0.254. The Hall–Kier alpha value is -3.28. The van der Waals surface area contributed by atoms with Crippen LogP contribution in [-0.4, -0.2) is 44.2 Å². The van der Waals surface area contributed by atoms with Crippen LogP contribution in [0, 0.1) is 18.3 Å². The number of hydrogen-bond donors (Lipinski definition) is 1. The molecular weight excluding hydrogens is 348 g/mol. The van der Waals surface area contributed by atoms with Gasteiger partial charge in [0.25, 0.3) is 5.91 Å². The Bertz CT molecular complexity index is 862. The summed E-state index contributed by atoms with van der Waals surface area (Å²) in [4.78, 5) is 25.0. The second-order valence-electron chi connectivity index (χ2n) is 6.62. The lowest BCUT2D eigenvalue weighted by molar-refractivity contribution is -0.149. The molecule has 0 saturated heterocycles. The summed E-state index contributed by atoms with van der Waals surface area (Å²) in [5.74, 6) is -0.744. The van der Waals surface area contributed by atoms with Crippen molar-refractivity contribution in [2.75, 3.05) is 6.61 Å². The van der Waals surface area contributed by atoms with E-state index in [0.717, 1.165) is 28.8 Å². The first-order valence-electron chi connectivity index (χ1n) is 8.72. The van der Waals surface area contributed by atoms with E-state index >= 15 is 0 Å². The van der Waals surface area contributed by atoms with Crippen molar-refractivity contribution in [1.82, 2.24) is 25.5 Å². The van der Waals surface area contributed by atoms with E-state index in [2.05, 4.69) is 26.8 Å². The number of amides is 1. The van der Waals surface area contributed by atoms with E-state index < -0.39 is 24.0 Å². The molecule has 1 N–H and O–H groups in total. The lowest BCUT2D eigenvalue weighted by Crippen LogP contribution is -2.46. The lowest BCUT2D eigenvalue weighted by atomic mass is 10.00. The molecule has 1 aromatic heterocycles. The maximum atomic E-state index is 11.9. The first-order chi connectivity index (χ1) is 13.0. The van der Waals surface area contributed by atoms with Crippen molar-refractivity contribution >= 4 is 11.9 Å². The molecule has 9 heteroatoms. The van der Waals surface area contributed by atoms with E-state index in [-0.39, 0.29) is 6.54 Å². The number of tetrazole rings is 1. The molecule has 0 unspecified atom stereocenters. The summed E-state index contributed by atoms with van der Waals surface area (Å²) in [6.45, 7) is 1.28. The van der Waals surface area contributed by atoms with Crippen LogP contribution in [0.25, 0.3) is 11.4 Å². The van der Waals surface area contributed by atoms with E-state index in [9.17, 15) is 14.9 Å². The minimum Gasteiger partial charge on any atom is -0.454 e. The van der Waals surface area contributed by atoms with Gasteiger partial charge in [-0.05, 0) is 37.8 Å². The van der Waals surface area contributed by atoms with Crippen LogP contribution in [0.1, 0.15) is 31.2 Å². The van der Waals surface area contributed by atoms with Crippen molar-refractivity contribution < 1.29 is 14.3 Å². The van der Waals surface area contributed by atoms with E-state index in [4.69, 9.17) is 4.74 Å². The van der Waals surface area contributed by atoms with Gasteiger partial charge in [0.05, 0.1) is 6.07 Å². The fourth-order valence-corrected chi connectivity index (χ4v) is 2.98. The Labute approximate surface area is 156 Å². The highest BCUT2D eigenvalue weighted by Crippen LogP contribution is 2.28. The lowest BCUT2D eigenvalue weighted by Gasteiger charge is -2.21. The second kappa shape index (κ2) is 7.95. The molecule has 0 spiro atoms. The molecule has 1 saturated carbocycles. The number of rotatable bonds is 6. The maximum absolute atomic E-state index is 11.9. The van der Waals surface area contributed by atoms with Crippen LogP contribution in [0.15, 0.2) is 24.3 Å². The van der Waals surface area contributed by atoms with Crippen LogP contribution in [0.3, 0.4) is 0 Å². The molecule has 1 heterocycles. The number of aromatic nitrogens is 4. The van der Waals surface area contributed by atoms with Crippen LogP contribution in [0.4, 0.5) is 0 Å². The molecule has 9 nitrogen and oxygen atoms in total. The normalized spacial score (nSPS) is 15.1. The summed E-state index contributed by atoms with van der Waals surface area (Å²) in [5, 5.41) is 23.8. The Kier molecular flexibility index (Phi) is 5.45. The van der Waals surface area contributed by atoms with Gasteiger partial charge < -0.3 is 10.1 Å². The van der Waals surface area contributed by atoms with Gasteiger partial charge in [-0.15, -0.1) is 10.2 Å². The number of nitrogens with zero attached hydrogens (tertiary/aromatic N) is 5. The van der Waals surface area contributed by atoms with Gasteiger partial charge in [0.15, 0.2) is 13.2 Å². The van der Waals surface area contributed by atoms with Crippen molar-refractivity contribution in [2.24, 2.45) is 0 Å². The van der Waals surface area contributed by atoms with Gasteiger partial charge in [-0.1, -0.05) is 29.8 Å². The Morgan fingerprint density at radius 3 is 2.67 bits per heavy atom. The van der Waals surface area contributed by atoms with Crippen molar-refractivity contribution in [1.29, 1.82) is 5.26 Å². The highest BCUT2D eigenvalue weighted by atomic mass is 16.5. The first-order valence-corrected chi connectivity index (χ1v) is 8.72. The number of nitriles is 1. The van der Waals surface area contributed by atoms with Gasteiger partial charge in [0.1, 0.15) is 5.54 Å². The average Bonchev–Trinajstić information content (AvgIpc) is 3.31. The molecule has 27 heavy (non-hydrogen) atoms. The fraction of sp³-hybridized carbons (Fsp3) is 0.444. The molecule has 0 radical (unpaired) electrons. The minimum atomic E-state index is -0.833. The zero-order valence-corrected chi connectivity index (χ0v) is 15.0. The summed E-state index contributed by atoms with van der Waals surface area (Å²) in [5.41, 5.74) is 1.07. The van der Waals surface area contributed by atoms with Gasteiger partial charge in [0.2, 0.25) is 5.82 Å². The molecule has 1 fully saturated rings. The third-order valence-electron chi connectivity index (χ3n) is 4.45. The van der Waals surface area contributed by atoms with Crippen molar-refractivity contribution in [3.05, 3.63) is 29.8 Å². The SMILES string of the molecule is Cc1ccc(-c2nnn(CC(=O)OCC(=O)NC3(C#N)CCCC3)n2)cc1. The number of benzene rings is 1. The zero-order chi connectivity index (χ0) is 19.3. The van der Waals surface area contributed by atoms with E-state index in [0.29, 0.717) is 18.7 Å². The molecule has 0 atom stereocenters. The van der Waals surface area contributed by atoms with Gasteiger partial charge >= 0.3 is 5.97 Å².